The minimum Gasteiger partial charge on any atom is -0.383 e. The molecule has 0 atom stereocenters. The molecule has 1 aliphatic rings. The van der Waals surface area contributed by atoms with Crippen molar-refractivity contribution in [3.8, 4) is 0 Å². The zero-order chi connectivity index (χ0) is 17.3. The van der Waals surface area contributed by atoms with Gasteiger partial charge < -0.3 is 5.32 Å². The van der Waals surface area contributed by atoms with Gasteiger partial charge in [0.1, 0.15) is 0 Å². The molecule has 0 spiro atoms. The van der Waals surface area contributed by atoms with Gasteiger partial charge in [0, 0.05) is 48.8 Å². The number of rotatable bonds is 5. The molecule has 1 aromatic carbocycles. The van der Waals surface area contributed by atoms with Gasteiger partial charge in [-0.15, -0.1) is 0 Å². The standard InChI is InChI=1S/C16H16N4O4/c1-10-9-12(17-7-8-19-14(21)5-6-15(19)22)11-3-2-4-13(20(23)24)16(11)18-10/h2-4,9H,5-8H2,1H3,(H,17,18). The molecule has 1 saturated heterocycles. The van der Waals surface area contributed by atoms with Crippen molar-refractivity contribution in [2.75, 3.05) is 18.4 Å². The molecule has 2 heterocycles. The van der Waals surface area contributed by atoms with Gasteiger partial charge in [-0.1, -0.05) is 12.1 Å². The third-order valence-electron chi connectivity index (χ3n) is 3.95. The molecule has 8 nitrogen and oxygen atoms in total. The zero-order valence-electron chi connectivity index (χ0n) is 13.1. The van der Waals surface area contributed by atoms with Crippen LogP contribution in [-0.4, -0.2) is 39.7 Å². The topological polar surface area (TPSA) is 105 Å². The molecule has 2 aromatic rings. The van der Waals surface area contributed by atoms with Crippen molar-refractivity contribution in [1.82, 2.24) is 9.88 Å². The first kappa shape index (κ1) is 15.9. The monoisotopic (exact) mass is 328 g/mol. The molecule has 0 unspecified atom stereocenters. The van der Waals surface area contributed by atoms with Crippen molar-refractivity contribution in [3.05, 3.63) is 40.1 Å². The van der Waals surface area contributed by atoms with Crippen LogP contribution in [0.5, 0.6) is 0 Å². The number of non-ortho nitro benzene ring substituents is 1. The van der Waals surface area contributed by atoms with Crippen LogP contribution in [-0.2, 0) is 9.59 Å². The summed E-state index contributed by atoms with van der Waals surface area (Å²) < 4.78 is 0. The first-order valence-corrected chi connectivity index (χ1v) is 7.59. The Hall–Kier alpha value is -3.03. The minimum atomic E-state index is -0.458. The number of aryl methyl sites for hydroxylation is 1. The van der Waals surface area contributed by atoms with Crippen molar-refractivity contribution in [1.29, 1.82) is 0 Å². The number of pyridine rings is 1. The fourth-order valence-corrected chi connectivity index (χ4v) is 2.83. The predicted octanol–water partition coefficient (Wildman–Crippen LogP) is 2.01. The number of anilines is 1. The lowest BCUT2D eigenvalue weighted by Crippen LogP contribution is -2.33. The van der Waals surface area contributed by atoms with Crippen LogP contribution in [0.15, 0.2) is 24.3 Å². The quantitative estimate of drug-likeness (QED) is 0.511. The largest absolute Gasteiger partial charge is 0.383 e. The van der Waals surface area contributed by atoms with E-state index in [1.807, 2.05) is 0 Å². The number of nitro groups is 1. The number of aromatic nitrogens is 1. The molecule has 0 saturated carbocycles. The summed E-state index contributed by atoms with van der Waals surface area (Å²) in [6, 6.07) is 6.57. The maximum atomic E-state index is 11.6. The number of nitrogens with zero attached hydrogens (tertiary/aromatic N) is 3. The summed E-state index contributed by atoms with van der Waals surface area (Å²) >= 11 is 0. The highest BCUT2D eigenvalue weighted by Gasteiger charge is 2.28. The van der Waals surface area contributed by atoms with E-state index in [-0.39, 0.29) is 36.9 Å². The van der Waals surface area contributed by atoms with Gasteiger partial charge in [-0.3, -0.25) is 24.6 Å². The van der Waals surface area contributed by atoms with Crippen LogP contribution in [0.3, 0.4) is 0 Å². The van der Waals surface area contributed by atoms with Gasteiger partial charge in [-0.25, -0.2) is 4.98 Å². The lowest BCUT2D eigenvalue weighted by molar-refractivity contribution is -0.383. The molecule has 124 valence electrons. The Morgan fingerprint density at radius 3 is 2.67 bits per heavy atom. The lowest BCUT2D eigenvalue weighted by atomic mass is 10.1. The fourth-order valence-electron chi connectivity index (χ4n) is 2.83. The Bertz CT molecular complexity index is 833. The second kappa shape index (κ2) is 6.23. The molecule has 8 heteroatoms. The number of hydrogen-bond acceptors (Lipinski definition) is 6. The number of hydrogen-bond donors (Lipinski definition) is 1. The van der Waals surface area contributed by atoms with E-state index in [2.05, 4.69) is 10.3 Å². The third kappa shape index (κ3) is 2.90. The molecule has 3 rings (SSSR count). The first-order chi connectivity index (χ1) is 11.5. The minimum absolute atomic E-state index is 0.0517. The molecule has 0 aliphatic carbocycles. The van der Waals surface area contributed by atoms with E-state index in [9.17, 15) is 19.7 Å². The number of carbonyl (C=O) groups excluding carboxylic acids is 2. The van der Waals surface area contributed by atoms with Gasteiger partial charge in [0.05, 0.1) is 4.92 Å². The average molecular weight is 328 g/mol. The first-order valence-electron chi connectivity index (χ1n) is 7.59. The van der Waals surface area contributed by atoms with E-state index in [0.717, 1.165) is 0 Å². The fraction of sp³-hybridized carbons (Fsp3) is 0.312. The maximum absolute atomic E-state index is 11.6. The molecule has 1 fully saturated rings. The van der Waals surface area contributed by atoms with Gasteiger partial charge >= 0.3 is 0 Å². The van der Waals surface area contributed by atoms with E-state index >= 15 is 0 Å². The molecule has 1 N–H and O–H groups in total. The van der Waals surface area contributed by atoms with Crippen molar-refractivity contribution in [2.45, 2.75) is 19.8 Å². The lowest BCUT2D eigenvalue weighted by Gasteiger charge is -2.16. The number of likely N-dealkylation sites (tertiary alicyclic amines) is 1. The van der Waals surface area contributed by atoms with E-state index < -0.39 is 4.92 Å². The summed E-state index contributed by atoms with van der Waals surface area (Å²) in [7, 11) is 0. The Kier molecular flexibility index (Phi) is 4.11. The predicted molar refractivity (Wildman–Crippen MR) is 87.6 cm³/mol. The van der Waals surface area contributed by atoms with E-state index in [4.69, 9.17) is 0 Å². The van der Waals surface area contributed by atoms with Gasteiger partial charge in [0.25, 0.3) is 5.69 Å². The van der Waals surface area contributed by atoms with Gasteiger partial charge in [-0.2, -0.15) is 0 Å². The van der Waals surface area contributed by atoms with Crippen molar-refractivity contribution >= 4 is 34.1 Å². The van der Waals surface area contributed by atoms with Crippen molar-refractivity contribution in [3.63, 3.8) is 0 Å². The van der Waals surface area contributed by atoms with Gasteiger partial charge in [-0.05, 0) is 13.0 Å². The second-order valence-corrected chi connectivity index (χ2v) is 5.61. The van der Waals surface area contributed by atoms with Crippen molar-refractivity contribution in [2.24, 2.45) is 0 Å². The molecule has 24 heavy (non-hydrogen) atoms. The van der Waals surface area contributed by atoms with Crippen molar-refractivity contribution < 1.29 is 14.5 Å². The molecule has 0 radical (unpaired) electrons. The summed E-state index contributed by atoms with van der Waals surface area (Å²) in [5.41, 5.74) is 1.61. The van der Waals surface area contributed by atoms with Crippen LogP contribution >= 0.6 is 0 Å². The number of imide groups is 1. The van der Waals surface area contributed by atoms with Crippen LogP contribution in [0.4, 0.5) is 11.4 Å². The summed E-state index contributed by atoms with van der Waals surface area (Å²) in [5.74, 6) is -0.318. The Morgan fingerprint density at radius 2 is 2.00 bits per heavy atom. The van der Waals surface area contributed by atoms with E-state index in [0.29, 0.717) is 28.8 Å². The SMILES string of the molecule is Cc1cc(NCCN2C(=O)CCC2=O)c2cccc([N+](=O)[O-])c2n1. The van der Waals surface area contributed by atoms with Gasteiger partial charge in [0.2, 0.25) is 11.8 Å². The van der Waals surface area contributed by atoms with Crippen LogP contribution in [0.25, 0.3) is 10.9 Å². The summed E-state index contributed by atoms with van der Waals surface area (Å²) in [6.45, 7) is 2.41. The van der Waals surface area contributed by atoms with E-state index in [1.165, 1.54) is 11.0 Å². The van der Waals surface area contributed by atoms with Crippen LogP contribution < -0.4 is 5.32 Å². The number of para-hydroxylation sites is 1. The summed E-state index contributed by atoms with van der Waals surface area (Å²) in [6.07, 6.45) is 0.532. The number of carbonyl (C=O) groups is 2. The highest BCUT2D eigenvalue weighted by Crippen LogP contribution is 2.29. The molecule has 2 amide bonds. The average Bonchev–Trinajstić information content (AvgIpc) is 2.85. The van der Waals surface area contributed by atoms with Crippen LogP contribution in [0.1, 0.15) is 18.5 Å². The molecular weight excluding hydrogens is 312 g/mol. The van der Waals surface area contributed by atoms with Gasteiger partial charge in [0.15, 0.2) is 5.52 Å². The Labute approximate surface area is 137 Å². The number of nitro benzene ring substituents is 1. The number of nitrogens with one attached hydrogen (secondary N) is 1. The van der Waals surface area contributed by atoms with Crippen LogP contribution in [0, 0.1) is 17.0 Å². The number of fused-ring (bicyclic) bond motifs is 1. The molecule has 1 aliphatic heterocycles. The highest BCUT2D eigenvalue weighted by molar-refractivity contribution is 6.02. The number of benzene rings is 1. The number of amides is 2. The highest BCUT2D eigenvalue weighted by atomic mass is 16.6. The van der Waals surface area contributed by atoms with E-state index in [1.54, 1.807) is 25.1 Å². The summed E-state index contributed by atoms with van der Waals surface area (Å²) in [4.78, 5) is 39.4. The molecule has 0 bridgehead atoms. The zero-order valence-corrected chi connectivity index (χ0v) is 13.1. The Balaban J connectivity index is 1.84. The maximum Gasteiger partial charge on any atom is 0.295 e. The normalized spacial score (nSPS) is 14.5. The summed E-state index contributed by atoms with van der Waals surface area (Å²) in [5, 5.41) is 14.9. The Morgan fingerprint density at radius 1 is 1.29 bits per heavy atom. The molecular formula is C16H16N4O4. The second-order valence-electron chi connectivity index (χ2n) is 5.61. The third-order valence-corrected chi connectivity index (χ3v) is 3.95. The van der Waals surface area contributed by atoms with Crippen LogP contribution in [0.2, 0.25) is 0 Å². The molecule has 1 aromatic heterocycles. The smallest absolute Gasteiger partial charge is 0.295 e.